The lowest BCUT2D eigenvalue weighted by Crippen LogP contribution is -2.14. The zero-order valence-corrected chi connectivity index (χ0v) is 17.7. The van der Waals surface area contributed by atoms with Gasteiger partial charge >= 0.3 is 5.97 Å². The summed E-state index contributed by atoms with van der Waals surface area (Å²) in [6.07, 6.45) is 0. The van der Waals surface area contributed by atoms with Gasteiger partial charge in [-0.25, -0.2) is 4.79 Å². The first-order valence-corrected chi connectivity index (χ1v) is 10.1. The van der Waals surface area contributed by atoms with Crippen LogP contribution in [0.4, 0.5) is 0 Å². The van der Waals surface area contributed by atoms with E-state index in [1.807, 2.05) is 60.9 Å². The van der Waals surface area contributed by atoms with Gasteiger partial charge < -0.3 is 19.7 Å². The van der Waals surface area contributed by atoms with Gasteiger partial charge in [-0.15, -0.1) is 11.8 Å². The van der Waals surface area contributed by atoms with Crippen LogP contribution < -0.4 is 5.11 Å². The number of fused-ring (bicyclic) bond motifs is 1. The first kappa shape index (κ1) is 19.8. The van der Waals surface area contributed by atoms with Gasteiger partial charge in [0, 0.05) is 39.8 Å². The predicted molar refractivity (Wildman–Crippen MR) is 110 cm³/mol. The molecule has 7 heteroatoms. The topological polar surface area (TPSA) is 68.5 Å². The molecule has 1 aromatic heterocycles. The van der Waals surface area contributed by atoms with Crippen molar-refractivity contribution >= 4 is 44.6 Å². The summed E-state index contributed by atoms with van der Waals surface area (Å²) >= 11 is 4.92. The first-order valence-electron chi connectivity index (χ1n) is 8.36. The fourth-order valence-electron chi connectivity index (χ4n) is 3.21. The molecule has 1 N–H and O–H groups in total. The van der Waals surface area contributed by atoms with Crippen LogP contribution in [0.15, 0.2) is 45.8 Å². The number of aryl methyl sites for hydroxylation is 1. The minimum absolute atomic E-state index is 0.161. The van der Waals surface area contributed by atoms with Crippen LogP contribution in [0.25, 0.3) is 10.9 Å². The SMILES string of the molecule is CN(C)Cc1c([O-])c(Br)cc2c1c(C(=O)O)c(CSc1ccccc1)n2C. The van der Waals surface area contributed by atoms with Crippen molar-refractivity contribution in [3.63, 3.8) is 0 Å². The Morgan fingerprint density at radius 3 is 2.56 bits per heavy atom. The molecule has 0 aliphatic heterocycles. The molecule has 0 spiro atoms. The Balaban J connectivity index is 2.20. The quantitative estimate of drug-likeness (QED) is 0.576. The number of thioether (sulfide) groups is 1. The van der Waals surface area contributed by atoms with Crippen molar-refractivity contribution in [3.8, 4) is 5.75 Å². The van der Waals surface area contributed by atoms with Crippen molar-refractivity contribution in [3.05, 3.63) is 57.7 Å². The molecule has 0 saturated heterocycles. The van der Waals surface area contributed by atoms with E-state index in [1.165, 1.54) is 0 Å². The third-order valence-electron chi connectivity index (χ3n) is 4.42. The summed E-state index contributed by atoms with van der Waals surface area (Å²) < 4.78 is 2.34. The zero-order valence-electron chi connectivity index (χ0n) is 15.3. The molecule has 0 unspecified atom stereocenters. The Hall–Kier alpha value is -1.96. The zero-order chi connectivity index (χ0) is 19.7. The van der Waals surface area contributed by atoms with Crippen LogP contribution in [0, 0.1) is 0 Å². The number of hydrogen-bond acceptors (Lipinski definition) is 4. The van der Waals surface area contributed by atoms with E-state index in [9.17, 15) is 15.0 Å². The standard InChI is InChI=1S/C20H21BrN2O3S/c1-22(2)10-13-17-15(9-14(21)19(13)24)23(3)16(18(17)20(25)26)11-27-12-7-5-4-6-8-12/h4-9,24H,10-11H2,1-3H3,(H,25,26)/p-1. The highest BCUT2D eigenvalue weighted by molar-refractivity contribution is 9.10. The van der Waals surface area contributed by atoms with E-state index in [1.54, 1.807) is 17.8 Å². The Bertz CT molecular complexity index is 1000. The molecule has 27 heavy (non-hydrogen) atoms. The number of aromatic carboxylic acids is 1. The Kier molecular flexibility index (Phi) is 5.83. The second-order valence-electron chi connectivity index (χ2n) is 6.59. The van der Waals surface area contributed by atoms with E-state index in [2.05, 4.69) is 15.9 Å². The van der Waals surface area contributed by atoms with Crippen LogP contribution in [0.5, 0.6) is 5.75 Å². The third kappa shape index (κ3) is 3.85. The number of rotatable bonds is 6. The average Bonchev–Trinajstić information content (AvgIpc) is 2.90. The minimum Gasteiger partial charge on any atom is -0.871 e. The number of aromatic nitrogens is 1. The fourth-order valence-corrected chi connectivity index (χ4v) is 4.65. The van der Waals surface area contributed by atoms with Crippen molar-refractivity contribution in [2.45, 2.75) is 17.2 Å². The molecule has 0 amide bonds. The molecule has 0 saturated carbocycles. The van der Waals surface area contributed by atoms with Gasteiger partial charge in [-0.3, -0.25) is 0 Å². The summed E-state index contributed by atoms with van der Waals surface area (Å²) in [6, 6.07) is 11.6. The second kappa shape index (κ2) is 7.96. The lowest BCUT2D eigenvalue weighted by molar-refractivity contribution is -0.270. The molecule has 3 rings (SSSR count). The van der Waals surface area contributed by atoms with Gasteiger partial charge in [0.1, 0.15) is 0 Å². The summed E-state index contributed by atoms with van der Waals surface area (Å²) in [5.41, 5.74) is 2.17. The van der Waals surface area contributed by atoms with E-state index in [-0.39, 0.29) is 11.3 Å². The van der Waals surface area contributed by atoms with Gasteiger partial charge in [0.05, 0.1) is 11.1 Å². The average molecular weight is 448 g/mol. The van der Waals surface area contributed by atoms with Gasteiger partial charge in [-0.1, -0.05) is 39.9 Å². The van der Waals surface area contributed by atoms with Crippen molar-refractivity contribution in [1.29, 1.82) is 0 Å². The largest absolute Gasteiger partial charge is 0.871 e. The van der Waals surface area contributed by atoms with E-state index < -0.39 is 5.97 Å². The minimum atomic E-state index is -1.01. The molecule has 2 aromatic carbocycles. The lowest BCUT2D eigenvalue weighted by Gasteiger charge is -2.21. The van der Waals surface area contributed by atoms with Gasteiger partial charge in [0.25, 0.3) is 0 Å². The molecule has 142 valence electrons. The number of carbonyl (C=O) groups is 1. The highest BCUT2D eigenvalue weighted by Gasteiger charge is 2.24. The van der Waals surface area contributed by atoms with E-state index >= 15 is 0 Å². The van der Waals surface area contributed by atoms with Crippen LogP contribution in [-0.2, 0) is 19.3 Å². The number of carboxylic acids is 1. The molecule has 0 fully saturated rings. The highest BCUT2D eigenvalue weighted by Crippen LogP contribution is 2.39. The Morgan fingerprint density at radius 1 is 1.30 bits per heavy atom. The molecule has 0 aliphatic carbocycles. The Morgan fingerprint density at radius 2 is 1.96 bits per heavy atom. The summed E-state index contributed by atoms with van der Waals surface area (Å²) in [6.45, 7) is 0.379. The predicted octanol–water partition coefficient (Wildman–Crippen LogP) is 4.07. The van der Waals surface area contributed by atoms with Crippen molar-refractivity contribution in [2.75, 3.05) is 14.1 Å². The van der Waals surface area contributed by atoms with E-state index in [4.69, 9.17) is 0 Å². The molecule has 0 atom stereocenters. The summed E-state index contributed by atoms with van der Waals surface area (Å²) in [5.74, 6) is -0.665. The summed E-state index contributed by atoms with van der Waals surface area (Å²) in [5, 5.41) is 23.2. The van der Waals surface area contributed by atoms with Gasteiger partial charge in [0.2, 0.25) is 0 Å². The number of benzene rings is 2. The summed E-state index contributed by atoms with van der Waals surface area (Å²) in [4.78, 5) is 15.1. The molecule has 0 bridgehead atoms. The number of hydrogen-bond donors (Lipinski definition) is 1. The van der Waals surface area contributed by atoms with E-state index in [0.29, 0.717) is 33.4 Å². The highest BCUT2D eigenvalue weighted by atomic mass is 79.9. The second-order valence-corrected chi connectivity index (χ2v) is 8.49. The van der Waals surface area contributed by atoms with Gasteiger partial charge in [-0.05, 0) is 37.9 Å². The molecular weight excluding hydrogens is 428 g/mol. The first-order chi connectivity index (χ1) is 12.8. The number of carboxylic acid groups (broad SMARTS) is 1. The molecule has 5 nitrogen and oxygen atoms in total. The Labute approximate surface area is 170 Å². The van der Waals surface area contributed by atoms with Crippen molar-refractivity contribution in [1.82, 2.24) is 9.47 Å². The number of halogens is 1. The monoisotopic (exact) mass is 447 g/mol. The normalized spacial score (nSPS) is 11.4. The molecule has 3 aromatic rings. The fraction of sp³-hybridized carbons (Fsp3) is 0.250. The molecule has 1 heterocycles. The van der Waals surface area contributed by atoms with Crippen molar-refractivity contribution in [2.24, 2.45) is 7.05 Å². The van der Waals surface area contributed by atoms with Gasteiger partial charge in [-0.2, -0.15) is 0 Å². The van der Waals surface area contributed by atoms with E-state index in [0.717, 1.165) is 10.4 Å². The third-order valence-corrected chi connectivity index (χ3v) is 6.04. The van der Waals surface area contributed by atoms with Crippen LogP contribution in [0.2, 0.25) is 0 Å². The van der Waals surface area contributed by atoms with Crippen LogP contribution >= 0.6 is 27.7 Å². The maximum atomic E-state index is 12.7. The molecular formula is C20H20BrN2O3S-. The maximum Gasteiger partial charge on any atom is 0.338 e. The van der Waals surface area contributed by atoms with Gasteiger partial charge in [0.15, 0.2) is 0 Å². The van der Waals surface area contributed by atoms with Crippen LogP contribution in [0.1, 0.15) is 21.6 Å². The van der Waals surface area contributed by atoms with Crippen molar-refractivity contribution < 1.29 is 15.0 Å². The summed E-state index contributed by atoms with van der Waals surface area (Å²) in [7, 11) is 5.58. The smallest absolute Gasteiger partial charge is 0.338 e. The number of nitrogens with zero attached hydrogens (tertiary/aromatic N) is 2. The lowest BCUT2D eigenvalue weighted by atomic mass is 10.0. The molecule has 0 aliphatic rings. The maximum absolute atomic E-state index is 12.7. The van der Waals surface area contributed by atoms with Crippen LogP contribution in [0.3, 0.4) is 0 Å². The molecule has 0 radical (unpaired) electrons. The van der Waals surface area contributed by atoms with Crippen LogP contribution in [-0.4, -0.2) is 34.6 Å².